The number of halogens is 2. The van der Waals surface area contributed by atoms with Crippen LogP contribution in [0.25, 0.3) is 0 Å². The van der Waals surface area contributed by atoms with Gasteiger partial charge in [-0.1, -0.05) is 15.9 Å². The monoisotopic (exact) mass is 378 g/mol. The summed E-state index contributed by atoms with van der Waals surface area (Å²) < 4.78 is 1.06. The Morgan fingerprint density at radius 3 is 2.70 bits per heavy atom. The number of hydrogen-bond donors (Lipinski definition) is 1. The lowest BCUT2D eigenvalue weighted by Gasteiger charge is -2.35. The molecule has 2 atom stereocenters. The van der Waals surface area contributed by atoms with E-state index in [1.165, 1.54) is 0 Å². The molecule has 1 saturated heterocycles. The minimum Gasteiger partial charge on any atom is -0.336 e. The molecular formula is C14H20BrClN2OS. The molecule has 1 aliphatic heterocycles. The van der Waals surface area contributed by atoms with Crippen LogP contribution in [-0.4, -0.2) is 41.7 Å². The number of nitrogens with one attached hydrogen (secondary N) is 1. The normalized spacial score (nSPS) is 20.1. The number of thioether (sulfide) groups is 1. The molecule has 20 heavy (non-hydrogen) atoms. The van der Waals surface area contributed by atoms with Crippen LogP contribution in [0.1, 0.15) is 13.8 Å². The summed E-state index contributed by atoms with van der Waals surface area (Å²) >= 11 is 5.04. The second-order valence-corrected chi connectivity index (χ2v) is 7.13. The topological polar surface area (TPSA) is 32.3 Å². The summed E-state index contributed by atoms with van der Waals surface area (Å²) in [6.07, 6.45) is 0. The predicted molar refractivity (Wildman–Crippen MR) is 90.8 cm³/mol. The molecule has 1 aromatic rings. The first-order valence-electron chi connectivity index (χ1n) is 6.51. The summed E-state index contributed by atoms with van der Waals surface area (Å²) in [7, 11) is 0. The Kier molecular flexibility index (Phi) is 7.37. The molecule has 2 unspecified atom stereocenters. The van der Waals surface area contributed by atoms with Crippen LogP contribution in [-0.2, 0) is 4.79 Å². The van der Waals surface area contributed by atoms with Gasteiger partial charge >= 0.3 is 0 Å². The minimum absolute atomic E-state index is 0. The largest absolute Gasteiger partial charge is 0.336 e. The second-order valence-electron chi connectivity index (χ2n) is 4.80. The van der Waals surface area contributed by atoms with Crippen molar-refractivity contribution in [1.29, 1.82) is 0 Å². The summed E-state index contributed by atoms with van der Waals surface area (Å²) in [5.41, 5.74) is 0. The number of carbonyl (C=O) groups excluding carboxylic acids is 1. The zero-order valence-corrected chi connectivity index (χ0v) is 14.9. The zero-order valence-electron chi connectivity index (χ0n) is 11.6. The third-order valence-corrected chi connectivity index (χ3v) is 4.89. The Bertz CT molecular complexity index is 443. The highest BCUT2D eigenvalue weighted by Gasteiger charge is 2.27. The van der Waals surface area contributed by atoms with E-state index < -0.39 is 0 Å². The van der Waals surface area contributed by atoms with Crippen molar-refractivity contribution in [3.8, 4) is 0 Å². The average Bonchev–Trinajstić information content (AvgIpc) is 2.41. The van der Waals surface area contributed by atoms with Gasteiger partial charge in [0.25, 0.3) is 0 Å². The fourth-order valence-corrected chi connectivity index (χ4v) is 3.37. The summed E-state index contributed by atoms with van der Waals surface area (Å²) in [5.74, 6) is 0.238. The lowest BCUT2D eigenvalue weighted by molar-refractivity contribution is -0.133. The van der Waals surface area contributed by atoms with Crippen molar-refractivity contribution in [3.05, 3.63) is 28.7 Å². The fourth-order valence-electron chi connectivity index (χ4n) is 2.17. The standard InChI is InChI=1S/C14H19BrN2OS.ClH/c1-10-9-16-7-8-17(10)14(18)11(2)19-13-5-3-12(15)4-6-13;/h3-6,10-11,16H,7-9H2,1-2H3;1H. The molecule has 0 aliphatic carbocycles. The number of nitrogens with zero attached hydrogens (tertiary/aromatic N) is 1. The quantitative estimate of drug-likeness (QED) is 0.819. The molecule has 1 N–H and O–H groups in total. The highest BCUT2D eigenvalue weighted by molar-refractivity contribution is 9.10. The first-order valence-corrected chi connectivity index (χ1v) is 8.18. The van der Waals surface area contributed by atoms with Gasteiger partial charge in [-0.05, 0) is 38.1 Å². The van der Waals surface area contributed by atoms with Crippen molar-refractivity contribution in [1.82, 2.24) is 10.2 Å². The van der Waals surface area contributed by atoms with Crippen molar-refractivity contribution in [2.45, 2.75) is 30.0 Å². The zero-order chi connectivity index (χ0) is 13.8. The van der Waals surface area contributed by atoms with Crippen LogP contribution in [0.5, 0.6) is 0 Å². The molecule has 0 spiro atoms. The van der Waals surface area contributed by atoms with Gasteiger partial charge in [-0.15, -0.1) is 24.2 Å². The first kappa shape index (κ1) is 17.8. The van der Waals surface area contributed by atoms with E-state index in [1.54, 1.807) is 11.8 Å². The van der Waals surface area contributed by atoms with Crippen molar-refractivity contribution < 1.29 is 4.79 Å². The maximum Gasteiger partial charge on any atom is 0.236 e. The molecule has 1 amide bonds. The highest BCUT2D eigenvalue weighted by Crippen LogP contribution is 2.26. The Hall–Kier alpha value is -0.230. The van der Waals surface area contributed by atoms with Gasteiger partial charge in [0.15, 0.2) is 0 Å². The van der Waals surface area contributed by atoms with E-state index in [-0.39, 0.29) is 29.6 Å². The van der Waals surface area contributed by atoms with Gasteiger partial charge in [-0.3, -0.25) is 4.79 Å². The molecule has 1 fully saturated rings. The second kappa shape index (κ2) is 8.27. The molecule has 0 saturated carbocycles. The molecule has 0 bridgehead atoms. The molecule has 1 aliphatic rings. The summed E-state index contributed by atoms with van der Waals surface area (Å²) in [6, 6.07) is 8.38. The Labute approximate surface area is 139 Å². The number of benzene rings is 1. The molecular weight excluding hydrogens is 360 g/mol. The van der Waals surface area contributed by atoms with Gasteiger partial charge in [-0.2, -0.15) is 0 Å². The van der Waals surface area contributed by atoms with Crippen molar-refractivity contribution >= 4 is 46.0 Å². The van der Waals surface area contributed by atoms with E-state index in [4.69, 9.17) is 0 Å². The van der Waals surface area contributed by atoms with Crippen LogP contribution in [0, 0.1) is 0 Å². The SMILES string of the molecule is CC(Sc1ccc(Br)cc1)C(=O)N1CCNCC1C.Cl. The maximum absolute atomic E-state index is 12.4. The molecule has 1 heterocycles. The van der Waals surface area contributed by atoms with Crippen molar-refractivity contribution in [2.75, 3.05) is 19.6 Å². The highest BCUT2D eigenvalue weighted by atomic mass is 79.9. The first-order chi connectivity index (χ1) is 9.08. The molecule has 3 nitrogen and oxygen atoms in total. The van der Waals surface area contributed by atoms with Crippen molar-refractivity contribution in [2.24, 2.45) is 0 Å². The van der Waals surface area contributed by atoms with E-state index in [1.807, 2.05) is 36.1 Å². The van der Waals surface area contributed by atoms with Crippen LogP contribution in [0.4, 0.5) is 0 Å². The van der Waals surface area contributed by atoms with Crippen LogP contribution in [0.3, 0.4) is 0 Å². The molecule has 0 aromatic heterocycles. The summed E-state index contributed by atoms with van der Waals surface area (Å²) in [6.45, 7) is 6.68. The molecule has 112 valence electrons. The molecule has 1 aromatic carbocycles. The summed E-state index contributed by atoms with van der Waals surface area (Å²) in [4.78, 5) is 15.6. The lowest BCUT2D eigenvalue weighted by Crippen LogP contribution is -2.54. The number of rotatable bonds is 3. The van der Waals surface area contributed by atoms with Crippen LogP contribution in [0.15, 0.2) is 33.6 Å². The minimum atomic E-state index is -0.0401. The number of hydrogen-bond acceptors (Lipinski definition) is 3. The predicted octanol–water partition coefficient (Wildman–Crippen LogP) is 3.17. The van der Waals surface area contributed by atoms with E-state index in [0.717, 1.165) is 29.0 Å². The molecule has 2 rings (SSSR count). The van der Waals surface area contributed by atoms with Gasteiger partial charge < -0.3 is 10.2 Å². The molecule has 6 heteroatoms. The molecule has 0 radical (unpaired) electrons. The number of carbonyl (C=O) groups is 1. The third kappa shape index (κ3) is 4.65. The smallest absolute Gasteiger partial charge is 0.236 e. The van der Waals surface area contributed by atoms with Crippen LogP contribution < -0.4 is 5.32 Å². The Morgan fingerprint density at radius 1 is 1.45 bits per heavy atom. The lowest BCUT2D eigenvalue weighted by atomic mass is 10.2. The average molecular weight is 380 g/mol. The van der Waals surface area contributed by atoms with E-state index >= 15 is 0 Å². The Morgan fingerprint density at radius 2 is 2.10 bits per heavy atom. The van der Waals surface area contributed by atoms with E-state index in [9.17, 15) is 4.79 Å². The van der Waals surface area contributed by atoms with Gasteiger partial charge in [0.05, 0.1) is 5.25 Å². The fraction of sp³-hybridized carbons (Fsp3) is 0.500. The summed E-state index contributed by atoms with van der Waals surface area (Å²) in [5, 5.41) is 3.27. The van der Waals surface area contributed by atoms with Gasteiger partial charge in [0.2, 0.25) is 5.91 Å². The Balaban J connectivity index is 0.00000200. The maximum atomic E-state index is 12.4. The van der Waals surface area contributed by atoms with Gasteiger partial charge in [-0.25, -0.2) is 0 Å². The van der Waals surface area contributed by atoms with Crippen LogP contribution in [0.2, 0.25) is 0 Å². The number of amides is 1. The van der Waals surface area contributed by atoms with Gasteiger partial charge in [0.1, 0.15) is 0 Å². The van der Waals surface area contributed by atoms with Gasteiger partial charge in [0, 0.05) is 35.0 Å². The van der Waals surface area contributed by atoms with E-state index in [0.29, 0.717) is 0 Å². The van der Waals surface area contributed by atoms with E-state index in [2.05, 4.69) is 28.2 Å². The van der Waals surface area contributed by atoms with Crippen molar-refractivity contribution in [3.63, 3.8) is 0 Å². The third-order valence-electron chi connectivity index (χ3n) is 3.26. The number of piperazine rings is 1. The van der Waals surface area contributed by atoms with Crippen LogP contribution >= 0.6 is 40.1 Å².